The molecule has 31 heavy (non-hydrogen) atoms. The fourth-order valence-electron chi connectivity index (χ4n) is 3.60. The molecule has 0 bridgehead atoms. The first-order valence-corrected chi connectivity index (χ1v) is 10.5. The summed E-state index contributed by atoms with van der Waals surface area (Å²) in [6, 6.07) is 7.99. The second-order valence-electron chi connectivity index (χ2n) is 7.26. The van der Waals surface area contributed by atoms with Crippen LogP contribution in [0.4, 0.5) is 5.95 Å². The zero-order valence-electron chi connectivity index (χ0n) is 16.3. The maximum atomic E-state index is 12.8. The number of hydrogen-bond acceptors (Lipinski definition) is 10. The van der Waals surface area contributed by atoms with E-state index in [0.29, 0.717) is 10.2 Å². The number of aryl methyl sites for hydroxylation is 2. The highest BCUT2D eigenvalue weighted by Gasteiger charge is 2.29. The summed E-state index contributed by atoms with van der Waals surface area (Å²) in [6.07, 6.45) is -4.16. The average molecular weight is 446 g/mol. The van der Waals surface area contributed by atoms with Gasteiger partial charge in [0.2, 0.25) is 5.95 Å². The van der Waals surface area contributed by atoms with Gasteiger partial charge in [0, 0.05) is 10.4 Å². The van der Waals surface area contributed by atoms with Crippen LogP contribution in [-0.4, -0.2) is 72.7 Å². The lowest BCUT2D eigenvalue weighted by molar-refractivity contribution is -0.0999. The van der Waals surface area contributed by atoms with E-state index in [9.17, 15) is 25.2 Å². The van der Waals surface area contributed by atoms with Gasteiger partial charge in [0.25, 0.3) is 5.56 Å². The number of hydrazone groups is 1. The predicted molar refractivity (Wildman–Crippen MR) is 116 cm³/mol. The number of benzene rings is 1. The molecule has 0 saturated carbocycles. The van der Waals surface area contributed by atoms with Gasteiger partial charge in [-0.15, -0.1) is 11.3 Å². The molecule has 0 spiro atoms. The molecule has 2 heterocycles. The van der Waals surface area contributed by atoms with Crippen molar-refractivity contribution in [3.05, 3.63) is 45.1 Å². The number of fused-ring (bicyclic) bond motifs is 5. The summed E-state index contributed by atoms with van der Waals surface area (Å²) in [7, 11) is 0. The molecule has 2 aromatic heterocycles. The van der Waals surface area contributed by atoms with Crippen LogP contribution in [0.15, 0.2) is 34.2 Å². The molecule has 11 heteroatoms. The smallest absolute Gasteiger partial charge is 0.261 e. The van der Waals surface area contributed by atoms with Crippen LogP contribution in [0, 0.1) is 0 Å². The first-order chi connectivity index (χ1) is 14.9. The molecule has 0 saturated heterocycles. The van der Waals surface area contributed by atoms with Gasteiger partial charge >= 0.3 is 0 Å². The Balaban J connectivity index is 1.56. The second kappa shape index (κ2) is 8.83. The Morgan fingerprint density at radius 2 is 1.97 bits per heavy atom. The Morgan fingerprint density at radius 3 is 2.74 bits per heavy atom. The summed E-state index contributed by atoms with van der Waals surface area (Å²) < 4.78 is 0. The van der Waals surface area contributed by atoms with Crippen LogP contribution < -0.4 is 11.0 Å². The maximum Gasteiger partial charge on any atom is 0.261 e. The van der Waals surface area contributed by atoms with E-state index in [4.69, 9.17) is 5.11 Å². The van der Waals surface area contributed by atoms with Crippen molar-refractivity contribution in [1.82, 2.24) is 9.97 Å². The van der Waals surface area contributed by atoms with Crippen molar-refractivity contribution in [3.63, 3.8) is 0 Å². The number of anilines is 1. The highest BCUT2D eigenvalue weighted by atomic mass is 32.1. The standard InChI is InChI=1S/C20H22N4O6S/c25-8-12(27)17(29)16(28)11(26)7-21-24-20-22-18(30)15-14-10-4-2-1-3-9(10)5-6-13(14)31-19(15)23-20/h1-4,7,11-12,16-17,25-29H,5-6,8H2,(H2,22,23,24,30)/b21-7+/t11-,12+,16+,17+/m0/s1. The number of rotatable bonds is 7. The number of aliphatic hydroxyl groups is 5. The summed E-state index contributed by atoms with van der Waals surface area (Å²) in [5, 5.41) is 51.6. The number of nitrogens with one attached hydrogen (secondary N) is 2. The SMILES string of the molecule is O=c1[nH]c(N/N=C/[C@H](O)[C@@H](O)[C@H](O)[C@H](O)CO)nc2sc3c(c12)-c1ccccc1CC3. The molecule has 1 aromatic carbocycles. The molecular formula is C20H22N4O6S. The number of aromatic nitrogens is 2. The van der Waals surface area contributed by atoms with Crippen LogP contribution >= 0.6 is 11.3 Å². The Morgan fingerprint density at radius 1 is 1.19 bits per heavy atom. The van der Waals surface area contributed by atoms with Crippen molar-refractivity contribution in [2.75, 3.05) is 12.0 Å². The zero-order valence-corrected chi connectivity index (χ0v) is 17.1. The van der Waals surface area contributed by atoms with Gasteiger partial charge in [-0.1, -0.05) is 24.3 Å². The highest BCUT2D eigenvalue weighted by molar-refractivity contribution is 7.19. The minimum Gasteiger partial charge on any atom is -0.394 e. The third-order valence-corrected chi connectivity index (χ3v) is 6.37. The van der Waals surface area contributed by atoms with Crippen molar-refractivity contribution in [1.29, 1.82) is 0 Å². The van der Waals surface area contributed by atoms with Gasteiger partial charge in [-0.2, -0.15) is 5.10 Å². The molecule has 3 aromatic rings. The fraction of sp³-hybridized carbons (Fsp3) is 0.350. The monoisotopic (exact) mass is 446 g/mol. The molecule has 4 atom stereocenters. The van der Waals surface area contributed by atoms with Gasteiger partial charge < -0.3 is 25.5 Å². The Bertz CT molecular complexity index is 1180. The minimum absolute atomic E-state index is 0.0539. The van der Waals surface area contributed by atoms with E-state index < -0.39 is 31.0 Å². The van der Waals surface area contributed by atoms with Crippen molar-refractivity contribution in [2.45, 2.75) is 37.3 Å². The zero-order chi connectivity index (χ0) is 22.1. The van der Waals surface area contributed by atoms with E-state index in [1.807, 2.05) is 18.2 Å². The van der Waals surface area contributed by atoms with Gasteiger partial charge in [-0.05, 0) is 24.0 Å². The van der Waals surface area contributed by atoms with Gasteiger partial charge in [0.1, 0.15) is 29.2 Å². The van der Waals surface area contributed by atoms with Crippen LogP contribution in [0.5, 0.6) is 0 Å². The van der Waals surface area contributed by atoms with Crippen molar-refractivity contribution in [2.24, 2.45) is 5.10 Å². The summed E-state index contributed by atoms with van der Waals surface area (Å²) >= 11 is 1.45. The maximum absolute atomic E-state index is 12.8. The third-order valence-electron chi connectivity index (χ3n) is 5.22. The van der Waals surface area contributed by atoms with Gasteiger partial charge in [-0.25, -0.2) is 10.4 Å². The Hall–Kier alpha value is -2.67. The molecule has 7 N–H and O–H groups in total. The molecule has 4 rings (SSSR count). The van der Waals surface area contributed by atoms with Gasteiger partial charge in [0.15, 0.2) is 0 Å². The second-order valence-corrected chi connectivity index (χ2v) is 8.35. The van der Waals surface area contributed by atoms with Crippen LogP contribution in [0.3, 0.4) is 0 Å². The molecule has 10 nitrogen and oxygen atoms in total. The largest absolute Gasteiger partial charge is 0.394 e. The van der Waals surface area contributed by atoms with E-state index >= 15 is 0 Å². The lowest BCUT2D eigenvalue weighted by Crippen LogP contribution is -2.46. The van der Waals surface area contributed by atoms with Gasteiger partial charge in [-0.3, -0.25) is 9.78 Å². The molecule has 0 aliphatic heterocycles. The lowest BCUT2D eigenvalue weighted by atomic mass is 9.89. The molecule has 0 fully saturated rings. The summed E-state index contributed by atoms with van der Waals surface area (Å²) in [6.45, 7) is -0.777. The predicted octanol–water partition coefficient (Wildman–Crippen LogP) is -0.416. The Kier molecular flexibility index (Phi) is 6.14. The van der Waals surface area contributed by atoms with Crippen molar-refractivity contribution in [3.8, 4) is 11.1 Å². The molecule has 1 aliphatic rings. The molecule has 0 unspecified atom stereocenters. The number of hydrogen-bond donors (Lipinski definition) is 7. The van der Waals surface area contributed by atoms with Crippen LogP contribution in [0.2, 0.25) is 0 Å². The number of aromatic amines is 1. The van der Waals surface area contributed by atoms with E-state index in [-0.39, 0.29) is 11.5 Å². The number of H-pyrrole nitrogens is 1. The van der Waals surface area contributed by atoms with Gasteiger partial charge in [0.05, 0.1) is 18.2 Å². The number of aliphatic hydroxyl groups excluding tert-OH is 5. The van der Waals surface area contributed by atoms with E-state index in [1.54, 1.807) is 0 Å². The van der Waals surface area contributed by atoms with Crippen LogP contribution in [0.1, 0.15) is 10.4 Å². The first-order valence-electron chi connectivity index (χ1n) is 9.67. The topological polar surface area (TPSA) is 171 Å². The van der Waals surface area contributed by atoms with Crippen LogP contribution in [-0.2, 0) is 12.8 Å². The first kappa shape index (κ1) is 21.6. The fourth-order valence-corrected chi connectivity index (χ4v) is 4.78. The molecule has 164 valence electrons. The number of nitrogens with zero attached hydrogens (tertiary/aromatic N) is 2. The van der Waals surface area contributed by atoms with E-state index in [1.165, 1.54) is 16.9 Å². The molecule has 0 amide bonds. The van der Waals surface area contributed by atoms with Crippen molar-refractivity contribution < 1.29 is 25.5 Å². The lowest BCUT2D eigenvalue weighted by Gasteiger charge is -2.23. The molecular weight excluding hydrogens is 424 g/mol. The van der Waals surface area contributed by atoms with E-state index in [0.717, 1.165) is 35.1 Å². The van der Waals surface area contributed by atoms with Crippen LogP contribution in [0.25, 0.3) is 21.3 Å². The van der Waals surface area contributed by atoms with Crippen molar-refractivity contribution >= 4 is 33.7 Å². The summed E-state index contributed by atoms with van der Waals surface area (Å²) in [5.41, 5.74) is 5.33. The normalized spacial score (nSPS) is 17.2. The summed E-state index contributed by atoms with van der Waals surface area (Å²) in [4.78, 5) is 21.5. The summed E-state index contributed by atoms with van der Waals surface area (Å²) in [5.74, 6) is 0.0539. The minimum atomic E-state index is -1.77. The number of thiophene rings is 1. The molecule has 0 radical (unpaired) electrons. The Labute approximate surface area is 180 Å². The van der Waals surface area contributed by atoms with E-state index in [2.05, 4.69) is 26.6 Å². The third kappa shape index (κ3) is 4.11. The quantitative estimate of drug-likeness (QED) is 0.189. The highest BCUT2D eigenvalue weighted by Crippen LogP contribution is 2.41. The average Bonchev–Trinajstić information content (AvgIpc) is 3.16. The molecule has 1 aliphatic carbocycles.